The number of nitrogens with one attached hydrogen (secondary N) is 1. The molecule has 2 atom stereocenters. The lowest BCUT2D eigenvalue weighted by Gasteiger charge is -2.35. The molecule has 1 aromatic heterocycles. The highest BCUT2D eigenvalue weighted by Gasteiger charge is 2.28. The van der Waals surface area contributed by atoms with Gasteiger partial charge in [-0.15, -0.1) is 0 Å². The van der Waals surface area contributed by atoms with Gasteiger partial charge in [-0.25, -0.2) is 0 Å². The van der Waals surface area contributed by atoms with E-state index in [-0.39, 0.29) is 11.5 Å². The Morgan fingerprint density at radius 3 is 2.83 bits per heavy atom. The molecule has 3 heteroatoms. The first-order valence-corrected chi connectivity index (χ1v) is 8.68. The second-order valence-corrected chi connectivity index (χ2v) is 7.39. The molecule has 1 aliphatic heterocycles. The molecule has 0 radical (unpaired) electrons. The van der Waals surface area contributed by atoms with Crippen LogP contribution in [0.25, 0.3) is 0 Å². The molecule has 124 valence electrons. The van der Waals surface area contributed by atoms with Gasteiger partial charge in [0.1, 0.15) is 0 Å². The summed E-state index contributed by atoms with van der Waals surface area (Å²) in [6.07, 6.45) is 11.7. The van der Waals surface area contributed by atoms with Crippen molar-refractivity contribution in [2.75, 3.05) is 13.2 Å². The summed E-state index contributed by atoms with van der Waals surface area (Å²) in [7, 11) is 0. The van der Waals surface area contributed by atoms with Crippen molar-refractivity contribution in [3.8, 4) is 0 Å². The summed E-state index contributed by atoms with van der Waals surface area (Å²) in [6.45, 7) is 8.74. The van der Waals surface area contributed by atoms with Crippen LogP contribution in [-0.4, -0.2) is 24.2 Å². The van der Waals surface area contributed by atoms with Crippen LogP contribution in [0.2, 0.25) is 0 Å². The van der Waals surface area contributed by atoms with Crippen LogP contribution in [0.15, 0.2) is 47.8 Å². The van der Waals surface area contributed by atoms with Crippen molar-refractivity contribution in [1.82, 2.24) is 10.3 Å². The standard InChI is InChI=1S/C20H28N2O/c1-15-5-4-9-20(2,3)18(15)14-22-17-8-12-23-19(13-17)16-6-10-21-11-7-16/h4-7,10-11,17,19,22H,8-9,12-14H2,1-3H3. The molecule has 0 bridgehead atoms. The van der Waals surface area contributed by atoms with Gasteiger partial charge in [-0.2, -0.15) is 0 Å². The number of allylic oxidation sites excluding steroid dienone is 3. The van der Waals surface area contributed by atoms with Gasteiger partial charge in [0.25, 0.3) is 0 Å². The van der Waals surface area contributed by atoms with E-state index in [9.17, 15) is 0 Å². The fourth-order valence-corrected chi connectivity index (χ4v) is 3.71. The normalized spacial score (nSPS) is 27.3. The lowest BCUT2D eigenvalue weighted by Crippen LogP contribution is -2.39. The molecule has 0 aromatic carbocycles. The van der Waals surface area contributed by atoms with Crippen LogP contribution in [-0.2, 0) is 4.74 Å². The van der Waals surface area contributed by atoms with Crippen LogP contribution in [0, 0.1) is 5.41 Å². The lowest BCUT2D eigenvalue weighted by atomic mass is 9.75. The quantitative estimate of drug-likeness (QED) is 0.905. The van der Waals surface area contributed by atoms with Crippen molar-refractivity contribution in [3.63, 3.8) is 0 Å². The van der Waals surface area contributed by atoms with E-state index >= 15 is 0 Å². The van der Waals surface area contributed by atoms with Crippen LogP contribution in [0.3, 0.4) is 0 Å². The highest BCUT2D eigenvalue weighted by Crippen LogP contribution is 2.36. The van der Waals surface area contributed by atoms with Crippen LogP contribution in [0.5, 0.6) is 0 Å². The van der Waals surface area contributed by atoms with E-state index in [4.69, 9.17) is 4.74 Å². The van der Waals surface area contributed by atoms with Crippen molar-refractivity contribution >= 4 is 0 Å². The predicted octanol–water partition coefficient (Wildman–Crippen LogP) is 4.19. The monoisotopic (exact) mass is 312 g/mol. The van der Waals surface area contributed by atoms with E-state index < -0.39 is 0 Å². The fraction of sp³-hybridized carbons (Fsp3) is 0.550. The molecular formula is C20H28N2O. The van der Waals surface area contributed by atoms with Crippen molar-refractivity contribution in [3.05, 3.63) is 53.4 Å². The Morgan fingerprint density at radius 1 is 1.30 bits per heavy atom. The van der Waals surface area contributed by atoms with Gasteiger partial charge in [0.15, 0.2) is 0 Å². The molecule has 1 aromatic rings. The van der Waals surface area contributed by atoms with Gasteiger partial charge in [-0.05, 0) is 54.9 Å². The molecule has 0 spiro atoms. The first-order valence-electron chi connectivity index (χ1n) is 8.68. The van der Waals surface area contributed by atoms with E-state index in [1.165, 1.54) is 11.1 Å². The summed E-state index contributed by atoms with van der Waals surface area (Å²) in [5.74, 6) is 0. The molecule has 1 saturated heterocycles. The Hall–Kier alpha value is -1.45. The third kappa shape index (κ3) is 3.91. The smallest absolute Gasteiger partial charge is 0.0840 e. The second-order valence-electron chi connectivity index (χ2n) is 7.39. The van der Waals surface area contributed by atoms with Gasteiger partial charge in [-0.1, -0.05) is 31.6 Å². The summed E-state index contributed by atoms with van der Waals surface area (Å²) >= 11 is 0. The first-order chi connectivity index (χ1) is 11.1. The SMILES string of the molecule is CC1=C(CNC2CCOC(c3ccncc3)C2)C(C)(C)CC=C1. The maximum atomic E-state index is 5.96. The second kappa shape index (κ2) is 6.98. The molecule has 2 heterocycles. The van der Waals surface area contributed by atoms with Crippen molar-refractivity contribution in [2.45, 2.75) is 52.2 Å². The van der Waals surface area contributed by atoms with Gasteiger partial charge in [0.2, 0.25) is 0 Å². The average molecular weight is 312 g/mol. The number of pyridine rings is 1. The fourth-order valence-electron chi connectivity index (χ4n) is 3.71. The molecule has 1 fully saturated rings. The minimum atomic E-state index is 0.193. The number of aromatic nitrogens is 1. The minimum Gasteiger partial charge on any atom is -0.373 e. The number of hydrogen-bond donors (Lipinski definition) is 1. The Bertz CT molecular complexity index is 589. The topological polar surface area (TPSA) is 34.1 Å². The number of rotatable bonds is 4. The average Bonchev–Trinajstić information content (AvgIpc) is 2.55. The van der Waals surface area contributed by atoms with Crippen molar-refractivity contribution in [1.29, 1.82) is 0 Å². The van der Waals surface area contributed by atoms with E-state index in [0.29, 0.717) is 6.04 Å². The van der Waals surface area contributed by atoms with Crippen LogP contribution in [0.4, 0.5) is 0 Å². The van der Waals surface area contributed by atoms with E-state index in [0.717, 1.165) is 32.4 Å². The number of hydrogen-bond acceptors (Lipinski definition) is 3. The van der Waals surface area contributed by atoms with E-state index in [1.807, 2.05) is 12.4 Å². The lowest BCUT2D eigenvalue weighted by molar-refractivity contribution is 0.000539. The molecule has 2 unspecified atom stereocenters. The summed E-state index contributed by atoms with van der Waals surface area (Å²) in [6, 6.07) is 4.65. The van der Waals surface area contributed by atoms with Crippen LogP contribution in [0.1, 0.15) is 51.7 Å². The zero-order valence-electron chi connectivity index (χ0n) is 14.5. The maximum Gasteiger partial charge on any atom is 0.0840 e. The summed E-state index contributed by atoms with van der Waals surface area (Å²) in [5, 5.41) is 3.79. The Morgan fingerprint density at radius 2 is 2.09 bits per heavy atom. The Balaban J connectivity index is 1.61. The van der Waals surface area contributed by atoms with Crippen molar-refractivity contribution < 1.29 is 4.74 Å². The zero-order valence-corrected chi connectivity index (χ0v) is 14.5. The predicted molar refractivity (Wildman–Crippen MR) is 94.2 cm³/mol. The third-order valence-electron chi connectivity index (χ3n) is 5.22. The van der Waals surface area contributed by atoms with Crippen LogP contribution >= 0.6 is 0 Å². The zero-order chi connectivity index (χ0) is 16.3. The number of ether oxygens (including phenoxy) is 1. The molecular weight excluding hydrogens is 284 g/mol. The first kappa shape index (κ1) is 16.4. The molecule has 23 heavy (non-hydrogen) atoms. The maximum absolute atomic E-state index is 5.96. The highest BCUT2D eigenvalue weighted by atomic mass is 16.5. The third-order valence-corrected chi connectivity index (χ3v) is 5.22. The Kier molecular flexibility index (Phi) is 4.98. The highest BCUT2D eigenvalue weighted by molar-refractivity contribution is 5.33. The van der Waals surface area contributed by atoms with Crippen molar-refractivity contribution in [2.24, 2.45) is 5.41 Å². The molecule has 0 saturated carbocycles. The summed E-state index contributed by atoms with van der Waals surface area (Å²) < 4.78 is 5.96. The van der Waals surface area contributed by atoms with E-state index in [1.54, 1.807) is 5.57 Å². The number of nitrogens with zero attached hydrogens (tertiary/aromatic N) is 1. The van der Waals surface area contributed by atoms with Gasteiger partial charge >= 0.3 is 0 Å². The van der Waals surface area contributed by atoms with Gasteiger partial charge in [-0.3, -0.25) is 4.98 Å². The van der Waals surface area contributed by atoms with Gasteiger partial charge < -0.3 is 10.1 Å². The molecule has 1 N–H and O–H groups in total. The largest absolute Gasteiger partial charge is 0.373 e. The molecule has 2 aliphatic rings. The molecule has 1 aliphatic carbocycles. The van der Waals surface area contributed by atoms with Gasteiger partial charge in [0.05, 0.1) is 6.10 Å². The summed E-state index contributed by atoms with van der Waals surface area (Å²) in [5.41, 5.74) is 4.47. The molecule has 3 rings (SSSR count). The van der Waals surface area contributed by atoms with Crippen LogP contribution < -0.4 is 5.32 Å². The molecule has 0 amide bonds. The van der Waals surface area contributed by atoms with Gasteiger partial charge in [0, 0.05) is 31.6 Å². The molecule has 3 nitrogen and oxygen atoms in total. The Labute approximate surface area is 139 Å². The minimum absolute atomic E-state index is 0.193. The van der Waals surface area contributed by atoms with E-state index in [2.05, 4.69) is 55.4 Å². The summed E-state index contributed by atoms with van der Waals surface area (Å²) in [4.78, 5) is 4.10.